The zero-order chi connectivity index (χ0) is 26.5. The topological polar surface area (TPSA) is 105 Å². The fourth-order valence-corrected chi connectivity index (χ4v) is 5.48. The quantitative estimate of drug-likeness (QED) is 0.267. The molecule has 2 amide bonds. The summed E-state index contributed by atoms with van der Waals surface area (Å²) in [5.41, 5.74) is 2.13. The van der Waals surface area contributed by atoms with E-state index in [-0.39, 0.29) is 30.1 Å². The number of fused-ring (bicyclic) bond motifs is 1. The number of benzene rings is 2. The molecular formula is C26H19ClFN5O3S2. The number of anilines is 2. The van der Waals surface area contributed by atoms with Crippen molar-refractivity contribution >= 4 is 67.6 Å². The molecule has 2 aromatic heterocycles. The number of aromatic nitrogens is 2. The highest BCUT2D eigenvalue weighted by Gasteiger charge is 2.27. The summed E-state index contributed by atoms with van der Waals surface area (Å²) < 4.78 is 19.9. The van der Waals surface area contributed by atoms with Crippen molar-refractivity contribution in [3.8, 4) is 17.6 Å². The van der Waals surface area contributed by atoms with Gasteiger partial charge in [0, 0.05) is 11.4 Å². The van der Waals surface area contributed by atoms with Crippen molar-refractivity contribution in [3.63, 3.8) is 0 Å². The number of halogens is 2. The van der Waals surface area contributed by atoms with Gasteiger partial charge in [-0.2, -0.15) is 0 Å². The average molecular weight is 568 g/mol. The van der Waals surface area contributed by atoms with Gasteiger partial charge in [-0.1, -0.05) is 47.3 Å². The molecule has 38 heavy (non-hydrogen) atoms. The third-order valence-electron chi connectivity index (χ3n) is 5.34. The Morgan fingerprint density at radius 1 is 1.24 bits per heavy atom. The number of carbonyl (C=O) groups excluding carboxylic acids is 2. The minimum Gasteiger partial charge on any atom is -0.487 e. The van der Waals surface area contributed by atoms with Crippen LogP contribution in [0.5, 0.6) is 5.75 Å². The van der Waals surface area contributed by atoms with Crippen LogP contribution in [0.15, 0.2) is 54.9 Å². The monoisotopic (exact) mass is 567 g/mol. The fourth-order valence-electron chi connectivity index (χ4n) is 3.54. The van der Waals surface area contributed by atoms with Crippen LogP contribution >= 0.6 is 34.7 Å². The van der Waals surface area contributed by atoms with Crippen LogP contribution in [0.1, 0.15) is 10.4 Å². The minimum absolute atomic E-state index is 0.160. The predicted octanol–water partition coefficient (Wildman–Crippen LogP) is 5.10. The second kappa shape index (κ2) is 11.7. The van der Waals surface area contributed by atoms with E-state index in [0.717, 1.165) is 26.9 Å². The lowest BCUT2D eigenvalue weighted by atomic mass is 10.2. The highest BCUT2D eigenvalue weighted by atomic mass is 35.5. The predicted molar refractivity (Wildman–Crippen MR) is 148 cm³/mol. The molecule has 1 aliphatic rings. The summed E-state index contributed by atoms with van der Waals surface area (Å²) in [6, 6.07) is 12.8. The molecule has 1 atom stereocenters. The van der Waals surface area contributed by atoms with Gasteiger partial charge in [-0.3, -0.25) is 9.59 Å². The summed E-state index contributed by atoms with van der Waals surface area (Å²) in [7, 11) is 0. The first-order valence-corrected chi connectivity index (χ1v) is 13.5. The van der Waals surface area contributed by atoms with Crippen LogP contribution in [0.25, 0.3) is 10.2 Å². The van der Waals surface area contributed by atoms with Crippen LogP contribution in [-0.4, -0.2) is 39.5 Å². The summed E-state index contributed by atoms with van der Waals surface area (Å²) in [4.78, 5) is 32.7. The van der Waals surface area contributed by atoms with Crippen molar-refractivity contribution in [2.24, 2.45) is 0 Å². The number of amides is 2. The van der Waals surface area contributed by atoms with Crippen LogP contribution < -0.4 is 20.7 Å². The number of hydrogen-bond donors (Lipinski definition) is 3. The molecule has 4 aromatic rings. The number of rotatable bonds is 7. The summed E-state index contributed by atoms with van der Waals surface area (Å²) in [6.07, 6.45) is 1.46. The standard InChI is InChI=1S/C26H19ClFN5O3S2/c27-19-10-17(6-7-22(19)36-12-15-3-1-4-16(28)9-15)32-24-23-20(30-14-31-24)11-18(38-23)5-2-8-29-25(34)21-13-37-26(35)33-21/h1,3-4,6-7,9-11,14,21H,8,12-13H2,(H,29,34)(H,33,35)(H,30,31,32)/t21-/m0/s1. The molecule has 0 bridgehead atoms. The lowest BCUT2D eigenvalue weighted by Crippen LogP contribution is -2.42. The number of thioether (sulfide) groups is 1. The zero-order valence-corrected chi connectivity index (χ0v) is 22.0. The molecule has 1 fully saturated rings. The van der Waals surface area contributed by atoms with Gasteiger partial charge in [0.2, 0.25) is 5.91 Å². The van der Waals surface area contributed by atoms with E-state index in [0.29, 0.717) is 33.6 Å². The Hall–Kier alpha value is -3.85. The van der Waals surface area contributed by atoms with Gasteiger partial charge < -0.3 is 20.7 Å². The normalized spacial score (nSPS) is 14.5. The molecule has 192 valence electrons. The molecule has 3 N–H and O–H groups in total. The molecule has 1 aliphatic heterocycles. The largest absolute Gasteiger partial charge is 0.487 e. The maximum atomic E-state index is 13.4. The van der Waals surface area contributed by atoms with Crippen molar-refractivity contribution in [1.82, 2.24) is 20.6 Å². The van der Waals surface area contributed by atoms with Gasteiger partial charge >= 0.3 is 0 Å². The minimum atomic E-state index is -0.523. The van der Waals surface area contributed by atoms with E-state index >= 15 is 0 Å². The summed E-state index contributed by atoms with van der Waals surface area (Å²) >= 11 is 8.93. The second-order valence-corrected chi connectivity index (χ2v) is 10.5. The van der Waals surface area contributed by atoms with Crippen molar-refractivity contribution in [2.45, 2.75) is 12.6 Å². The summed E-state index contributed by atoms with van der Waals surface area (Å²) in [5, 5.41) is 8.76. The third kappa shape index (κ3) is 6.34. The van der Waals surface area contributed by atoms with Gasteiger partial charge in [-0.15, -0.1) is 11.3 Å². The van der Waals surface area contributed by atoms with E-state index in [9.17, 15) is 14.0 Å². The SMILES string of the molecule is O=C1N[C@H](C(=O)NCC#Cc2cc3ncnc(Nc4ccc(OCc5cccc(F)c5)c(Cl)c4)c3s2)CS1. The molecule has 8 nitrogen and oxygen atoms in total. The van der Waals surface area contributed by atoms with E-state index in [1.165, 1.54) is 29.8 Å². The van der Waals surface area contributed by atoms with Crippen molar-refractivity contribution in [1.29, 1.82) is 0 Å². The number of thiophene rings is 1. The van der Waals surface area contributed by atoms with Crippen LogP contribution in [0.2, 0.25) is 5.02 Å². The maximum absolute atomic E-state index is 13.4. The van der Waals surface area contributed by atoms with Crippen molar-refractivity contribution in [3.05, 3.63) is 76.1 Å². The Morgan fingerprint density at radius 3 is 2.92 bits per heavy atom. The Morgan fingerprint density at radius 2 is 2.13 bits per heavy atom. The fraction of sp³-hybridized carbons (Fsp3) is 0.154. The van der Waals surface area contributed by atoms with E-state index in [1.807, 2.05) is 12.1 Å². The van der Waals surface area contributed by atoms with E-state index in [2.05, 4.69) is 37.8 Å². The first-order valence-electron chi connectivity index (χ1n) is 11.3. The number of carbonyl (C=O) groups is 2. The van der Waals surface area contributed by atoms with E-state index in [1.54, 1.807) is 24.3 Å². The van der Waals surface area contributed by atoms with Crippen LogP contribution in [-0.2, 0) is 11.4 Å². The van der Waals surface area contributed by atoms with Gasteiger partial charge in [0.15, 0.2) is 5.82 Å². The molecule has 0 unspecified atom stereocenters. The molecule has 12 heteroatoms. The van der Waals surface area contributed by atoms with Crippen LogP contribution in [0.3, 0.4) is 0 Å². The Bertz CT molecular complexity index is 1590. The van der Waals surface area contributed by atoms with Crippen LogP contribution in [0, 0.1) is 17.7 Å². The van der Waals surface area contributed by atoms with E-state index in [4.69, 9.17) is 16.3 Å². The van der Waals surface area contributed by atoms with Gasteiger partial charge in [0.05, 0.1) is 26.7 Å². The highest BCUT2D eigenvalue weighted by Crippen LogP contribution is 2.33. The molecule has 5 rings (SSSR count). The van der Waals surface area contributed by atoms with Crippen molar-refractivity contribution in [2.75, 3.05) is 17.6 Å². The Balaban J connectivity index is 1.22. The highest BCUT2D eigenvalue weighted by molar-refractivity contribution is 8.14. The molecule has 0 saturated carbocycles. The number of ether oxygens (including phenoxy) is 1. The smallest absolute Gasteiger partial charge is 0.279 e. The summed E-state index contributed by atoms with van der Waals surface area (Å²) in [6.45, 7) is 0.350. The van der Waals surface area contributed by atoms with Gasteiger partial charge in [-0.05, 0) is 42.0 Å². The number of nitrogens with one attached hydrogen (secondary N) is 3. The molecule has 2 aromatic carbocycles. The van der Waals surface area contributed by atoms with Crippen molar-refractivity contribution < 1.29 is 18.7 Å². The van der Waals surface area contributed by atoms with Gasteiger partial charge in [0.1, 0.15) is 30.5 Å². The average Bonchev–Trinajstić information content (AvgIpc) is 3.53. The molecular weight excluding hydrogens is 549 g/mol. The Labute approximate surface area is 230 Å². The van der Waals surface area contributed by atoms with Gasteiger partial charge in [-0.25, -0.2) is 14.4 Å². The Kier molecular flexibility index (Phi) is 7.93. The number of hydrogen-bond acceptors (Lipinski definition) is 8. The maximum Gasteiger partial charge on any atom is 0.279 e. The first-order chi connectivity index (χ1) is 18.4. The lowest BCUT2D eigenvalue weighted by molar-refractivity contribution is -0.122. The molecule has 0 spiro atoms. The zero-order valence-electron chi connectivity index (χ0n) is 19.6. The van der Waals surface area contributed by atoms with Gasteiger partial charge in [0.25, 0.3) is 5.24 Å². The molecule has 0 radical (unpaired) electrons. The molecule has 0 aliphatic carbocycles. The second-order valence-electron chi connectivity index (χ2n) is 8.05. The number of nitrogens with zero attached hydrogens (tertiary/aromatic N) is 2. The summed E-state index contributed by atoms with van der Waals surface area (Å²) in [5.74, 6) is 6.87. The van der Waals surface area contributed by atoms with Crippen LogP contribution in [0.4, 0.5) is 20.7 Å². The lowest BCUT2D eigenvalue weighted by Gasteiger charge is -2.11. The molecule has 3 heterocycles. The molecule has 1 saturated heterocycles. The first kappa shape index (κ1) is 25.8. The third-order valence-corrected chi connectivity index (χ3v) is 7.56. The van der Waals surface area contributed by atoms with E-state index < -0.39 is 6.04 Å².